The van der Waals surface area contributed by atoms with Crippen molar-refractivity contribution in [2.45, 2.75) is 0 Å². The lowest BCUT2D eigenvalue weighted by Gasteiger charge is -2.05. The van der Waals surface area contributed by atoms with E-state index in [9.17, 15) is 9.59 Å². The number of hydrogen-bond acceptors (Lipinski definition) is 4. The van der Waals surface area contributed by atoms with Crippen molar-refractivity contribution in [3.05, 3.63) is 39.2 Å². The summed E-state index contributed by atoms with van der Waals surface area (Å²) in [5, 5.41) is 8.47. The van der Waals surface area contributed by atoms with Gasteiger partial charge in [-0.3, -0.25) is 9.78 Å². The van der Waals surface area contributed by atoms with Gasteiger partial charge in [-0.15, -0.1) is 4.73 Å². The number of H-pyrrole nitrogens is 1. The number of aliphatic hydroxyl groups is 1. The molecule has 76 valence electrons. The van der Waals surface area contributed by atoms with Crippen molar-refractivity contribution in [3.63, 3.8) is 0 Å². The van der Waals surface area contributed by atoms with Crippen molar-refractivity contribution in [2.75, 3.05) is 13.2 Å². The Morgan fingerprint density at radius 3 is 2.93 bits per heavy atom. The second kappa shape index (κ2) is 4.43. The fourth-order valence-electron chi connectivity index (χ4n) is 0.848. The van der Waals surface area contributed by atoms with Gasteiger partial charge in [0, 0.05) is 0 Å². The van der Waals surface area contributed by atoms with Crippen LogP contribution in [-0.4, -0.2) is 28.0 Å². The van der Waals surface area contributed by atoms with Gasteiger partial charge in [-0.05, 0) is 0 Å². The maximum absolute atomic E-state index is 11.1. The first kappa shape index (κ1) is 10.3. The second-order valence-corrected chi connectivity index (χ2v) is 2.43. The van der Waals surface area contributed by atoms with E-state index in [0.29, 0.717) is 0 Å². The van der Waals surface area contributed by atoms with E-state index in [1.165, 1.54) is 12.3 Å². The first-order valence-electron chi connectivity index (χ1n) is 3.91. The molecule has 0 fully saturated rings. The first-order valence-corrected chi connectivity index (χ1v) is 3.91. The highest BCUT2D eigenvalue weighted by Gasteiger charge is 2.01. The predicted octanol–water partition coefficient (Wildman–Crippen LogP) is -1.40. The molecule has 1 aromatic heterocycles. The molecule has 1 aromatic rings. The fraction of sp³-hybridized carbons (Fsp3) is 0.250. The van der Waals surface area contributed by atoms with Gasteiger partial charge in [0.05, 0.1) is 18.4 Å². The number of rotatable bonds is 4. The van der Waals surface area contributed by atoms with E-state index < -0.39 is 11.2 Å². The number of nitrogens with one attached hydrogen (secondary N) is 1. The van der Waals surface area contributed by atoms with Gasteiger partial charge in [-0.2, -0.15) is 0 Å². The molecule has 0 atom stereocenters. The van der Waals surface area contributed by atoms with Crippen LogP contribution in [0.1, 0.15) is 5.56 Å². The van der Waals surface area contributed by atoms with E-state index >= 15 is 0 Å². The highest BCUT2D eigenvalue weighted by atomic mass is 16.7. The molecule has 0 aromatic carbocycles. The summed E-state index contributed by atoms with van der Waals surface area (Å²) < 4.78 is 0.842. The molecule has 0 saturated heterocycles. The minimum Gasteiger partial charge on any atom is -0.407 e. The number of aromatic nitrogens is 2. The Kier molecular flexibility index (Phi) is 3.24. The maximum Gasteiger partial charge on any atom is 0.361 e. The van der Waals surface area contributed by atoms with Crippen LogP contribution in [0.2, 0.25) is 0 Å². The largest absolute Gasteiger partial charge is 0.407 e. The lowest BCUT2D eigenvalue weighted by atomic mass is 10.3. The van der Waals surface area contributed by atoms with Gasteiger partial charge in [0.2, 0.25) is 0 Å². The number of hydrogen-bond donors (Lipinski definition) is 2. The lowest BCUT2D eigenvalue weighted by Crippen LogP contribution is -2.35. The zero-order valence-electron chi connectivity index (χ0n) is 7.40. The van der Waals surface area contributed by atoms with Crippen molar-refractivity contribution in [3.8, 4) is 0 Å². The molecule has 14 heavy (non-hydrogen) atoms. The third-order valence-electron chi connectivity index (χ3n) is 1.48. The lowest BCUT2D eigenvalue weighted by molar-refractivity contribution is 0.0664. The summed E-state index contributed by atoms with van der Waals surface area (Å²) in [6.45, 7) is 3.16. The minimum absolute atomic E-state index is 0.0253. The molecular weight excluding hydrogens is 188 g/mol. The Hall–Kier alpha value is -1.82. The normalized spacial score (nSPS) is 9.79. The standard InChI is InChI=1S/C8H10N2O4/c1-2-6-5-10(14-4-3-11)8(13)9-7(6)12/h2,5,11H,1,3-4H2,(H,9,12,13). The Balaban J connectivity index is 3.11. The van der Waals surface area contributed by atoms with Crippen LogP contribution in [0.5, 0.6) is 0 Å². The molecule has 0 saturated carbocycles. The average molecular weight is 198 g/mol. The van der Waals surface area contributed by atoms with Crippen molar-refractivity contribution < 1.29 is 9.94 Å². The second-order valence-electron chi connectivity index (χ2n) is 2.43. The van der Waals surface area contributed by atoms with Crippen LogP contribution in [0.15, 0.2) is 22.4 Å². The molecule has 0 aliphatic carbocycles. The van der Waals surface area contributed by atoms with Crippen molar-refractivity contribution in [2.24, 2.45) is 0 Å². The van der Waals surface area contributed by atoms with E-state index in [1.807, 2.05) is 4.98 Å². The Labute approximate surface area is 79.0 Å². The minimum atomic E-state index is -0.686. The summed E-state index contributed by atoms with van der Waals surface area (Å²) in [6, 6.07) is 0. The van der Waals surface area contributed by atoms with E-state index in [2.05, 4.69) is 6.58 Å². The van der Waals surface area contributed by atoms with Crippen molar-refractivity contribution in [1.82, 2.24) is 9.71 Å². The van der Waals surface area contributed by atoms with Gasteiger partial charge in [0.1, 0.15) is 6.61 Å². The average Bonchev–Trinajstić information content (AvgIpc) is 2.17. The molecule has 0 bridgehead atoms. The van der Waals surface area contributed by atoms with Crippen LogP contribution in [0, 0.1) is 0 Å². The zero-order valence-corrected chi connectivity index (χ0v) is 7.40. The number of nitrogens with zero attached hydrogens (tertiary/aromatic N) is 1. The van der Waals surface area contributed by atoms with Crippen LogP contribution in [0.4, 0.5) is 0 Å². The first-order chi connectivity index (χ1) is 6.69. The van der Waals surface area contributed by atoms with E-state index in [0.717, 1.165) is 4.73 Å². The number of aliphatic hydroxyl groups excluding tert-OH is 1. The van der Waals surface area contributed by atoms with Gasteiger partial charge in [-0.1, -0.05) is 12.7 Å². The van der Waals surface area contributed by atoms with Crippen LogP contribution < -0.4 is 16.1 Å². The molecule has 0 spiro atoms. The van der Waals surface area contributed by atoms with Crippen molar-refractivity contribution in [1.29, 1.82) is 0 Å². The van der Waals surface area contributed by atoms with E-state index in [1.54, 1.807) is 0 Å². The summed E-state index contributed by atoms with van der Waals surface area (Å²) in [5.41, 5.74) is -0.981. The smallest absolute Gasteiger partial charge is 0.361 e. The number of aromatic amines is 1. The van der Waals surface area contributed by atoms with Crippen LogP contribution in [0.3, 0.4) is 0 Å². The van der Waals surface area contributed by atoms with Gasteiger partial charge in [0.15, 0.2) is 0 Å². The van der Waals surface area contributed by atoms with E-state index in [-0.39, 0.29) is 18.8 Å². The van der Waals surface area contributed by atoms with Crippen LogP contribution >= 0.6 is 0 Å². The Morgan fingerprint density at radius 1 is 1.64 bits per heavy atom. The maximum atomic E-state index is 11.1. The van der Waals surface area contributed by atoms with Gasteiger partial charge < -0.3 is 9.94 Å². The molecular formula is C8H10N2O4. The molecule has 0 unspecified atom stereocenters. The molecule has 0 aliphatic rings. The monoisotopic (exact) mass is 198 g/mol. The summed E-state index contributed by atoms with van der Waals surface area (Å²) >= 11 is 0. The topological polar surface area (TPSA) is 84.3 Å². The molecule has 0 aliphatic heterocycles. The summed E-state index contributed by atoms with van der Waals surface area (Å²) in [4.78, 5) is 29.0. The molecule has 0 amide bonds. The third kappa shape index (κ3) is 2.11. The van der Waals surface area contributed by atoms with Gasteiger partial charge >= 0.3 is 5.69 Å². The molecule has 6 nitrogen and oxygen atoms in total. The third-order valence-corrected chi connectivity index (χ3v) is 1.48. The molecule has 6 heteroatoms. The highest BCUT2D eigenvalue weighted by Crippen LogP contribution is 1.87. The molecule has 1 heterocycles. The summed E-state index contributed by atoms with van der Waals surface area (Å²) in [6.07, 6.45) is 2.51. The van der Waals surface area contributed by atoms with Crippen molar-refractivity contribution >= 4 is 6.08 Å². The quantitative estimate of drug-likeness (QED) is 0.623. The zero-order chi connectivity index (χ0) is 10.6. The summed E-state index contributed by atoms with van der Waals surface area (Å²) in [7, 11) is 0. The molecule has 1 rings (SSSR count). The Bertz CT molecular complexity index is 432. The van der Waals surface area contributed by atoms with Gasteiger partial charge in [-0.25, -0.2) is 4.79 Å². The van der Waals surface area contributed by atoms with Crippen LogP contribution in [-0.2, 0) is 0 Å². The van der Waals surface area contributed by atoms with Crippen LogP contribution in [0.25, 0.3) is 6.08 Å². The Morgan fingerprint density at radius 2 is 2.36 bits per heavy atom. The van der Waals surface area contributed by atoms with E-state index in [4.69, 9.17) is 9.94 Å². The molecule has 2 N–H and O–H groups in total. The predicted molar refractivity (Wildman–Crippen MR) is 49.9 cm³/mol. The summed E-state index contributed by atoms with van der Waals surface area (Å²) in [5.74, 6) is 0. The SMILES string of the molecule is C=Cc1cn(OCCO)c(=O)[nH]c1=O. The highest BCUT2D eigenvalue weighted by molar-refractivity contribution is 5.42. The van der Waals surface area contributed by atoms with Gasteiger partial charge in [0.25, 0.3) is 5.56 Å². The molecule has 0 radical (unpaired) electrons. The fourth-order valence-corrected chi connectivity index (χ4v) is 0.848.